The second-order valence-electron chi connectivity index (χ2n) is 5.85. The highest BCUT2D eigenvalue weighted by Gasteiger charge is 2.33. The summed E-state index contributed by atoms with van der Waals surface area (Å²) in [6, 6.07) is 8.74. The lowest BCUT2D eigenvalue weighted by atomic mass is 10.1. The number of aromatic carboxylic acids is 1. The number of nitrogens with one attached hydrogen (secondary N) is 1. The van der Waals surface area contributed by atoms with E-state index in [0.717, 1.165) is 0 Å². The van der Waals surface area contributed by atoms with Crippen molar-refractivity contribution in [2.75, 3.05) is 16.8 Å². The molecular formula is C18H14Cl2N2O5. The van der Waals surface area contributed by atoms with E-state index < -0.39 is 23.9 Å². The number of carboxylic acids is 1. The number of benzene rings is 2. The van der Waals surface area contributed by atoms with E-state index in [-0.39, 0.29) is 22.8 Å². The van der Waals surface area contributed by atoms with E-state index in [1.807, 2.05) is 0 Å². The van der Waals surface area contributed by atoms with Gasteiger partial charge in [-0.15, -0.1) is 0 Å². The second kappa shape index (κ2) is 7.46. The summed E-state index contributed by atoms with van der Waals surface area (Å²) in [5, 5.41) is 12.4. The minimum Gasteiger partial charge on any atom is -0.479 e. The number of carbonyl (C=O) groups is 3. The summed E-state index contributed by atoms with van der Waals surface area (Å²) in [7, 11) is 0. The third kappa shape index (κ3) is 3.99. The van der Waals surface area contributed by atoms with Crippen LogP contribution in [0.3, 0.4) is 0 Å². The smallest absolute Gasteiger partial charge is 0.335 e. The number of hydrogen-bond acceptors (Lipinski definition) is 4. The van der Waals surface area contributed by atoms with Crippen LogP contribution in [-0.2, 0) is 9.59 Å². The monoisotopic (exact) mass is 408 g/mol. The van der Waals surface area contributed by atoms with Crippen molar-refractivity contribution in [1.82, 2.24) is 0 Å². The number of halogens is 2. The molecule has 1 aliphatic rings. The Morgan fingerprint density at radius 1 is 1.19 bits per heavy atom. The molecule has 0 spiro atoms. The Hall–Kier alpha value is -2.77. The summed E-state index contributed by atoms with van der Waals surface area (Å²) >= 11 is 11.8. The van der Waals surface area contributed by atoms with Gasteiger partial charge in [0.05, 0.1) is 21.3 Å². The molecule has 2 aromatic carbocycles. The van der Waals surface area contributed by atoms with Gasteiger partial charge >= 0.3 is 5.97 Å². The Bertz CT molecular complexity index is 947. The number of carbonyl (C=O) groups excluding carboxylic acids is 2. The maximum atomic E-state index is 12.5. The van der Waals surface area contributed by atoms with Gasteiger partial charge in [-0.25, -0.2) is 4.79 Å². The molecule has 2 N–H and O–H groups in total. The number of amides is 2. The molecule has 0 saturated heterocycles. The average molecular weight is 409 g/mol. The van der Waals surface area contributed by atoms with Crippen LogP contribution < -0.4 is 15.0 Å². The number of fused-ring (bicyclic) bond motifs is 1. The summed E-state index contributed by atoms with van der Waals surface area (Å²) in [5.41, 5.74) is 0.625. The van der Waals surface area contributed by atoms with Gasteiger partial charge in [-0.3, -0.25) is 14.5 Å². The van der Waals surface area contributed by atoms with Crippen molar-refractivity contribution < 1.29 is 24.2 Å². The van der Waals surface area contributed by atoms with Crippen LogP contribution in [0.5, 0.6) is 5.75 Å². The average Bonchev–Trinajstić information content (AvgIpc) is 2.61. The fourth-order valence-corrected chi connectivity index (χ4v) is 2.92. The molecule has 1 atom stereocenters. The second-order valence-corrected chi connectivity index (χ2v) is 6.66. The van der Waals surface area contributed by atoms with Crippen molar-refractivity contribution in [3.05, 3.63) is 52.0 Å². The van der Waals surface area contributed by atoms with E-state index in [1.54, 1.807) is 13.0 Å². The normalized spacial score (nSPS) is 15.7. The highest BCUT2D eigenvalue weighted by molar-refractivity contribution is 6.42. The Labute approximate surface area is 164 Å². The molecule has 0 fully saturated rings. The van der Waals surface area contributed by atoms with E-state index >= 15 is 0 Å². The first-order valence-electron chi connectivity index (χ1n) is 7.86. The van der Waals surface area contributed by atoms with Crippen LogP contribution in [0.15, 0.2) is 36.4 Å². The third-order valence-electron chi connectivity index (χ3n) is 3.92. The maximum Gasteiger partial charge on any atom is 0.335 e. The van der Waals surface area contributed by atoms with Gasteiger partial charge in [-0.1, -0.05) is 23.2 Å². The van der Waals surface area contributed by atoms with E-state index in [0.29, 0.717) is 16.5 Å². The van der Waals surface area contributed by atoms with Gasteiger partial charge in [0, 0.05) is 5.69 Å². The van der Waals surface area contributed by atoms with Crippen molar-refractivity contribution in [3.63, 3.8) is 0 Å². The first-order valence-corrected chi connectivity index (χ1v) is 8.62. The molecule has 0 aromatic heterocycles. The summed E-state index contributed by atoms with van der Waals surface area (Å²) in [6.45, 7) is 1.24. The molecule has 7 nitrogen and oxygen atoms in total. The molecule has 0 saturated carbocycles. The highest BCUT2D eigenvalue weighted by atomic mass is 35.5. The lowest BCUT2D eigenvalue weighted by Crippen LogP contribution is -2.47. The zero-order valence-electron chi connectivity index (χ0n) is 14.0. The third-order valence-corrected chi connectivity index (χ3v) is 4.66. The Kier molecular flexibility index (Phi) is 5.25. The van der Waals surface area contributed by atoms with Crippen molar-refractivity contribution >= 4 is 52.4 Å². The quantitative estimate of drug-likeness (QED) is 0.807. The number of hydrogen-bond donors (Lipinski definition) is 2. The lowest BCUT2D eigenvalue weighted by molar-refractivity contribution is -0.127. The van der Waals surface area contributed by atoms with E-state index in [2.05, 4.69) is 5.32 Å². The number of anilines is 2. The SMILES string of the molecule is CC1Oc2ccc(C(=O)O)cc2N(CC(=O)Nc2ccc(Cl)c(Cl)c2)C1=O. The molecule has 2 amide bonds. The summed E-state index contributed by atoms with van der Waals surface area (Å²) in [4.78, 5) is 37.3. The first kappa shape index (κ1) is 19.0. The minimum atomic E-state index is -1.15. The van der Waals surface area contributed by atoms with E-state index in [9.17, 15) is 14.4 Å². The van der Waals surface area contributed by atoms with Gasteiger partial charge in [-0.05, 0) is 43.3 Å². The van der Waals surface area contributed by atoms with Crippen molar-refractivity contribution in [3.8, 4) is 5.75 Å². The van der Waals surface area contributed by atoms with Crippen LogP contribution >= 0.6 is 23.2 Å². The van der Waals surface area contributed by atoms with Gasteiger partial charge in [-0.2, -0.15) is 0 Å². The minimum absolute atomic E-state index is 0.0189. The molecule has 0 radical (unpaired) electrons. The lowest BCUT2D eigenvalue weighted by Gasteiger charge is -2.32. The summed E-state index contributed by atoms with van der Waals surface area (Å²) < 4.78 is 5.49. The molecule has 140 valence electrons. The van der Waals surface area contributed by atoms with E-state index in [4.69, 9.17) is 33.0 Å². The summed E-state index contributed by atoms with van der Waals surface area (Å²) in [5.74, 6) is -1.75. The molecule has 27 heavy (non-hydrogen) atoms. The zero-order valence-corrected chi connectivity index (χ0v) is 15.5. The van der Waals surface area contributed by atoms with Crippen LogP contribution in [0.4, 0.5) is 11.4 Å². The van der Waals surface area contributed by atoms with Gasteiger partial charge in [0.1, 0.15) is 12.3 Å². The molecule has 1 aliphatic heterocycles. The summed E-state index contributed by atoms with van der Waals surface area (Å²) in [6.07, 6.45) is -0.800. The topological polar surface area (TPSA) is 95.9 Å². The Morgan fingerprint density at radius 2 is 1.93 bits per heavy atom. The molecule has 9 heteroatoms. The molecule has 0 aliphatic carbocycles. The molecule has 1 unspecified atom stereocenters. The van der Waals surface area contributed by atoms with Crippen LogP contribution in [-0.4, -0.2) is 35.5 Å². The number of ether oxygens (including phenoxy) is 1. The standard InChI is InChI=1S/C18H14Cl2N2O5/c1-9-17(24)22(14-6-10(18(25)26)2-5-15(14)27-9)8-16(23)21-11-3-4-12(19)13(20)7-11/h2-7,9H,8H2,1H3,(H,21,23)(H,25,26). The van der Waals surface area contributed by atoms with Crippen LogP contribution in [0.25, 0.3) is 0 Å². The van der Waals surface area contributed by atoms with Gasteiger partial charge < -0.3 is 15.2 Å². The molecule has 3 rings (SSSR count). The first-order chi connectivity index (χ1) is 12.8. The largest absolute Gasteiger partial charge is 0.479 e. The number of nitrogens with zero attached hydrogens (tertiary/aromatic N) is 1. The Balaban J connectivity index is 1.85. The van der Waals surface area contributed by atoms with Crippen LogP contribution in [0, 0.1) is 0 Å². The molecule has 0 bridgehead atoms. The predicted molar refractivity (Wildman–Crippen MR) is 101 cm³/mol. The highest BCUT2D eigenvalue weighted by Crippen LogP contribution is 2.35. The van der Waals surface area contributed by atoms with Gasteiger partial charge in [0.15, 0.2) is 6.10 Å². The number of rotatable bonds is 4. The molecule has 1 heterocycles. The molecule has 2 aromatic rings. The van der Waals surface area contributed by atoms with Gasteiger partial charge in [0.2, 0.25) is 5.91 Å². The maximum absolute atomic E-state index is 12.5. The van der Waals surface area contributed by atoms with Crippen LogP contribution in [0.1, 0.15) is 17.3 Å². The van der Waals surface area contributed by atoms with Gasteiger partial charge in [0.25, 0.3) is 5.91 Å². The van der Waals surface area contributed by atoms with E-state index in [1.165, 1.54) is 35.2 Å². The predicted octanol–water partition coefficient (Wildman–Crippen LogP) is 3.44. The fourth-order valence-electron chi connectivity index (χ4n) is 2.62. The molecular weight excluding hydrogens is 395 g/mol. The van der Waals surface area contributed by atoms with Crippen LogP contribution in [0.2, 0.25) is 10.0 Å². The van der Waals surface area contributed by atoms with Crippen molar-refractivity contribution in [1.29, 1.82) is 0 Å². The number of carboxylic acid groups (broad SMARTS) is 1. The van der Waals surface area contributed by atoms with Crippen molar-refractivity contribution in [2.24, 2.45) is 0 Å². The fraction of sp³-hybridized carbons (Fsp3) is 0.167. The zero-order chi connectivity index (χ0) is 19.7. The Morgan fingerprint density at radius 3 is 2.59 bits per heavy atom. The van der Waals surface area contributed by atoms with Crippen molar-refractivity contribution in [2.45, 2.75) is 13.0 Å².